The Kier molecular flexibility index (Phi) is 6.51. The molecule has 0 bridgehead atoms. The Balaban J connectivity index is 1.59. The van der Waals surface area contributed by atoms with Crippen LogP contribution in [0.3, 0.4) is 0 Å². The van der Waals surface area contributed by atoms with E-state index in [4.69, 9.17) is 9.47 Å². The molecule has 1 fully saturated rings. The van der Waals surface area contributed by atoms with Gasteiger partial charge in [0.1, 0.15) is 0 Å². The summed E-state index contributed by atoms with van der Waals surface area (Å²) in [5.74, 6) is 0. The molecule has 0 saturated carbocycles. The molecule has 1 aromatic rings. The van der Waals surface area contributed by atoms with Crippen molar-refractivity contribution >= 4 is 0 Å². The van der Waals surface area contributed by atoms with E-state index in [0.29, 0.717) is 12.2 Å². The lowest BCUT2D eigenvalue weighted by molar-refractivity contribution is -0.0114. The molecule has 0 radical (unpaired) electrons. The van der Waals surface area contributed by atoms with Crippen molar-refractivity contribution in [1.82, 2.24) is 4.90 Å². The number of hydrogen-bond acceptors (Lipinski definition) is 3. The molecule has 3 nitrogen and oxygen atoms in total. The molecule has 0 spiro atoms. The molecule has 1 aliphatic heterocycles. The molecule has 0 aliphatic carbocycles. The molecule has 0 unspecified atom stereocenters. The lowest BCUT2D eigenvalue weighted by atomic mass is 10.1. The summed E-state index contributed by atoms with van der Waals surface area (Å²) in [4.78, 5) is 2.48. The molecule has 0 amide bonds. The van der Waals surface area contributed by atoms with Crippen LogP contribution in [0.2, 0.25) is 0 Å². The first-order chi connectivity index (χ1) is 9.74. The van der Waals surface area contributed by atoms with E-state index in [1.165, 1.54) is 5.56 Å². The van der Waals surface area contributed by atoms with Crippen LogP contribution < -0.4 is 0 Å². The summed E-state index contributed by atoms with van der Waals surface area (Å²) < 4.78 is 11.6. The van der Waals surface area contributed by atoms with Crippen molar-refractivity contribution in [2.24, 2.45) is 0 Å². The minimum absolute atomic E-state index is 0.335. The van der Waals surface area contributed by atoms with Crippen LogP contribution in [-0.2, 0) is 16.1 Å². The fraction of sp³-hybridized carbons (Fsp3) is 0.647. The van der Waals surface area contributed by atoms with Gasteiger partial charge in [-0.1, -0.05) is 30.3 Å². The molecule has 20 heavy (non-hydrogen) atoms. The Morgan fingerprint density at radius 3 is 2.50 bits per heavy atom. The monoisotopic (exact) mass is 277 g/mol. The van der Waals surface area contributed by atoms with Gasteiger partial charge >= 0.3 is 0 Å². The van der Waals surface area contributed by atoms with Crippen molar-refractivity contribution in [3.8, 4) is 0 Å². The summed E-state index contributed by atoms with van der Waals surface area (Å²) in [6, 6.07) is 10.4. The first-order valence-electron chi connectivity index (χ1n) is 7.73. The number of piperidine rings is 1. The van der Waals surface area contributed by atoms with Crippen molar-refractivity contribution in [3.63, 3.8) is 0 Å². The molecule has 2 rings (SSSR count). The summed E-state index contributed by atoms with van der Waals surface area (Å²) in [7, 11) is 0. The van der Waals surface area contributed by atoms with E-state index in [-0.39, 0.29) is 0 Å². The molecule has 1 aromatic carbocycles. The Labute approximate surface area is 122 Å². The predicted octanol–water partition coefficient (Wildman–Crippen LogP) is 3.09. The number of benzene rings is 1. The molecule has 112 valence electrons. The fourth-order valence-electron chi connectivity index (χ4n) is 2.51. The van der Waals surface area contributed by atoms with E-state index >= 15 is 0 Å². The summed E-state index contributed by atoms with van der Waals surface area (Å²) in [6.07, 6.45) is 3.02. The highest BCUT2D eigenvalue weighted by molar-refractivity contribution is 5.13. The van der Waals surface area contributed by atoms with Gasteiger partial charge in [0.25, 0.3) is 0 Å². The summed E-state index contributed by atoms with van der Waals surface area (Å²) in [6.45, 7) is 9.05. The minimum Gasteiger partial charge on any atom is -0.377 e. The van der Waals surface area contributed by atoms with Gasteiger partial charge < -0.3 is 14.4 Å². The maximum absolute atomic E-state index is 6.00. The Bertz CT molecular complexity index is 359. The molecular weight excluding hydrogens is 250 g/mol. The highest BCUT2D eigenvalue weighted by Gasteiger charge is 2.19. The number of likely N-dealkylation sites (tertiary alicyclic amines) is 1. The third kappa shape index (κ3) is 5.61. The van der Waals surface area contributed by atoms with Gasteiger partial charge in [-0.2, -0.15) is 0 Å². The van der Waals surface area contributed by atoms with Gasteiger partial charge in [-0.15, -0.1) is 0 Å². The minimum atomic E-state index is 0.335. The topological polar surface area (TPSA) is 21.7 Å². The fourth-order valence-corrected chi connectivity index (χ4v) is 2.51. The number of hydrogen-bond donors (Lipinski definition) is 0. The van der Waals surface area contributed by atoms with Crippen molar-refractivity contribution in [2.45, 2.75) is 45.5 Å². The normalized spacial score (nSPS) is 17.8. The van der Waals surface area contributed by atoms with Crippen LogP contribution in [0.1, 0.15) is 32.3 Å². The van der Waals surface area contributed by atoms with Crippen LogP contribution in [0.5, 0.6) is 0 Å². The molecule has 3 heteroatoms. The predicted molar refractivity (Wildman–Crippen MR) is 81.8 cm³/mol. The largest absolute Gasteiger partial charge is 0.377 e. The summed E-state index contributed by atoms with van der Waals surface area (Å²) >= 11 is 0. The molecule has 0 aromatic heterocycles. The van der Waals surface area contributed by atoms with E-state index in [9.17, 15) is 0 Å². The molecular formula is C17H27NO2. The quantitative estimate of drug-likeness (QED) is 0.764. The molecule has 0 atom stereocenters. The number of rotatable bonds is 7. The summed E-state index contributed by atoms with van der Waals surface area (Å²) in [5.41, 5.74) is 1.26. The third-order valence-corrected chi connectivity index (χ3v) is 3.72. The van der Waals surface area contributed by atoms with Crippen molar-refractivity contribution in [2.75, 3.05) is 26.2 Å². The second-order valence-electron chi connectivity index (χ2n) is 5.76. The lowest BCUT2D eigenvalue weighted by Crippen LogP contribution is -2.39. The molecule has 1 saturated heterocycles. The van der Waals surface area contributed by atoms with Crippen LogP contribution >= 0.6 is 0 Å². The van der Waals surface area contributed by atoms with Gasteiger partial charge in [0.2, 0.25) is 0 Å². The number of ether oxygens (including phenoxy) is 2. The second kappa shape index (κ2) is 8.40. The van der Waals surface area contributed by atoms with Crippen LogP contribution in [0.15, 0.2) is 30.3 Å². The number of nitrogens with zero attached hydrogens (tertiary/aromatic N) is 1. The van der Waals surface area contributed by atoms with E-state index in [1.807, 2.05) is 6.07 Å². The van der Waals surface area contributed by atoms with E-state index < -0.39 is 0 Å². The molecule has 0 N–H and O–H groups in total. The van der Waals surface area contributed by atoms with Crippen molar-refractivity contribution in [1.29, 1.82) is 0 Å². The third-order valence-electron chi connectivity index (χ3n) is 3.72. The van der Waals surface area contributed by atoms with Crippen LogP contribution in [0.4, 0.5) is 0 Å². The van der Waals surface area contributed by atoms with Gasteiger partial charge in [-0.3, -0.25) is 0 Å². The summed E-state index contributed by atoms with van der Waals surface area (Å²) in [5, 5.41) is 0. The highest BCUT2D eigenvalue weighted by atomic mass is 16.5. The average Bonchev–Trinajstić information content (AvgIpc) is 2.47. The molecule has 1 heterocycles. The van der Waals surface area contributed by atoms with Gasteiger partial charge in [0.05, 0.1) is 25.4 Å². The van der Waals surface area contributed by atoms with E-state index in [1.54, 1.807) is 0 Å². The van der Waals surface area contributed by atoms with Crippen molar-refractivity contribution in [3.05, 3.63) is 35.9 Å². The SMILES string of the molecule is CC(C)OCCN1CCC(OCc2ccccc2)CC1. The maximum atomic E-state index is 6.00. The Hall–Kier alpha value is -0.900. The zero-order valence-electron chi connectivity index (χ0n) is 12.8. The zero-order chi connectivity index (χ0) is 14.2. The van der Waals surface area contributed by atoms with Gasteiger partial charge in [0, 0.05) is 19.6 Å². The lowest BCUT2D eigenvalue weighted by Gasteiger charge is -2.32. The van der Waals surface area contributed by atoms with E-state index in [2.05, 4.69) is 43.0 Å². The average molecular weight is 277 g/mol. The Morgan fingerprint density at radius 2 is 1.85 bits per heavy atom. The zero-order valence-corrected chi connectivity index (χ0v) is 12.8. The van der Waals surface area contributed by atoms with Crippen LogP contribution in [0, 0.1) is 0 Å². The smallest absolute Gasteiger partial charge is 0.0720 e. The Morgan fingerprint density at radius 1 is 1.15 bits per heavy atom. The van der Waals surface area contributed by atoms with Gasteiger partial charge in [-0.25, -0.2) is 0 Å². The van der Waals surface area contributed by atoms with Gasteiger partial charge in [-0.05, 0) is 32.3 Å². The first-order valence-corrected chi connectivity index (χ1v) is 7.73. The maximum Gasteiger partial charge on any atom is 0.0720 e. The first kappa shape index (κ1) is 15.5. The highest BCUT2D eigenvalue weighted by Crippen LogP contribution is 2.15. The standard InChI is InChI=1S/C17H27NO2/c1-15(2)19-13-12-18-10-8-17(9-11-18)20-14-16-6-4-3-5-7-16/h3-7,15,17H,8-14H2,1-2H3. The molecule has 1 aliphatic rings. The van der Waals surface area contributed by atoms with Gasteiger partial charge in [0.15, 0.2) is 0 Å². The van der Waals surface area contributed by atoms with Crippen LogP contribution in [0.25, 0.3) is 0 Å². The van der Waals surface area contributed by atoms with Crippen LogP contribution in [-0.4, -0.2) is 43.3 Å². The van der Waals surface area contributed by atoms with E-state index in [0.717, 1.165) is 45.7 Å². The second-order valence-corrected chi connectivity index (χ2v) is 5.76. The van der Waals surface area contributed by atoms with Crippen molar-refractivity contribution < 1.29 is 9.47 Å².